The molecule has 3 saturated heterocycles. The van der Waals surface area contributed by atoms with Crippen LogP contribution < -0.4 is 0 Å². The lowest BCUT2D eigenvalue weighted by atomic mass is 9.94. The summed E-state index contributed by atoms with van der Waals surface area (Å²) in [6.45, 7) is 5.70. The number of pyridine rings is 1. The molecule has 2 atom stereocenters. The van der Waals surface area contributed by atoms with Gasteiger partial charge in [0.1, 0.15) is 0 Å². The van der Waals surface area contributed by atoms with Crippen LogP contribution in [-0.4, -0.2) is 71.1 Å². The largest absolute Gasteiger partial charge is 0.383 e. The number of hydrogen-bond acceptors (Lipinski definition) is 6. The number of hydrogen-bond donors (Lipinski definition) is 0. The van der Waals surface area contributed by atoms with Crippen LogP contribution in [0.5, 0.6) is 0 Å². The summed E-state index contributed by atoms with van der Waals surface area (Å²) in [7, 11) is 1.63. The molecule has 3 aliphatic heterocycles. The molecular weight excluding hydrogens is 348 g/mol. The van der Waals surface area contributed by atoms with Gasteiger partial charge in [-0.3, -0.25) is 9.59 Å². The zero-order valence-electron chi connectivity index (χ0n) is 15.9. The van der Waals surface area contributed by atoms with Crippen LogP contribution in [0.3, 0.4) is 0 Å². The first-order valence-corrected chi connectivity index (χ1v) is 9.32. The second-order valence-corrected chi connectivity index (χ2v) is 7.42. The van der Waals surface area contributed by atoms with Crippen molar-refractivity contribution in [3.05, 3.63) is 23.0 Å². The molecule has 27 heavy (non-hydrogen) atoms. The molecule has 0 aromatic carbocycles. The maximum Gasteiger partial charge on any atom is 0.258 e. The van der Waals surface area contributed by atoms with E-state index in [4.69, 9.17) is 9.26 Å². The van der Waals surface area contributed by atoms with Crippen molar-refractivity contribution in [1.82, 2.24) is 19.9 Å². The number of carbonyl (C=O) groups is 2. The quantitative estimate of drug-likeness (QED) is 0.809. The summed E-state index contributed by atoms with van der Waals surface area (Å²) >= 11 is 0. The molecular formula is C19H24N4O4. The van der Waals surface area contributed by atoms with Crippen molar-refractivity contribution in [2.75, 3.05) is 33.4 Å². The zero-order chi connectivity index (χ0) is 19.1. The Morgan fingerprint density at radius 3 is 2.93 bits per heavy atom. The molecule has 144 valence electrons. The lowest BCUT2D eigenvalue weighted by Gasteiger charge is -2.35. The number of rotatable bonds is 4. The highest BCUT2D eigenvalue weighted by Crippen LogP contribution is 2.31. The average Bonchev–Trinajstić information content (AvgIpc) is 2.83. The molecule has 0 aliphatic carbocycles. The summed E-state index contributed by atoms with van der Waals surface area (Å²) in [6.07, 6.45) is 1.74. The summed E-state index contributed by atoms with van der Waals surface area (Å²) in [5.74, 6) is -0.0996. The summed E-state index contributed by atoms with van der Waals surface area (Å²) < 4.78 is 10.4. The molecule has 8 nitrogen and oxygen atoms in total. The van der Waals surface area contributed by atoms with Crippen molar-refractivity contribution >= 4 is 22.9 Å². The molecule has 0 N–H and O–H groups in total. The number of aryl methyl sites for hydroxylation is 2. The minimum Gasteiger partial charge on any atom is -0.383 e. The van der Waals surface area contributed by atoms with E-state index in [1.165, 1.54) is 0 Å². The van der Waals surface area contributed by atoms with Gasteiger partial charge in [0, 0.05) is 38.5 Å². The van der Waals surface area contributed by atoms with Gasteiger partial charge in [0.15, 0.2) is 0 Å². The van der Waals surface area contributed by atoms with Crippen molar-refractivity contribution in [1.29, 1.82) is 0 Å². The van der Waals surface area contributed by atoms with Crippen molar-refractivity contribution in [2.45, 2.75) is 32.7 Å². The minimum absolute atomic E-state index is 0.0392. The van der Waals surface area contributed by atoms with Crippen LogP contribution in [0.2, 0.25) is 0 Å². The normalized spacial score (nSPS) is 22.6. The smallest absolute Gasteiger partial charge is 0.258 e. The van der Waals surface area contributed by atoms with Crippen LogP contribution in [0.4, 0.5) is 0 Å². The predicted molar refractivity (Wildman–Crippen MR) is 97.3 cm³/mol. The maximum atomic E-state index is 13.4. The second kappa shape index (κ2) is 6.92. The molecule has 5 rings (SSSR count). The first kappa shape index (κ1) is 17.9. The van der Waals surface area contributed by atoms with Gasteiger partial charge in [-0.2, -0.15) is 0 Å². The summed E-state index contributed by atoms with van der Waals surface area (Å²) in [4.78, 5) is 34.2. The zero-order valence-corrected chi connectivity index (χ0v) is 15.9. The SMILES string of the molecule is COCCN1C(=O)C2CCC1CN(C(=O)c1cc(C)nc3onc(C)c13)C2. The Bertz CT molecular complexity index is 893. The lowest BCUT2D eigenvalue weighted by Crippen LogP contribution is -2.49. The molecule has 2 aromatic rings. The van der Waals surface area contributed by atoms with Crippen molar-refractivity contribution in [3.8, 4) is 0 Å². The van der Waals surface area contributed by atoms with Gasteiger partial charge >= 0.3 is 0 Å². The van der Waals surface area contributed by atoms with E-state index in [0.29, 0.717) is 54.3 Å². The molecule has 2 aromatic heterocycles. The first-order chi connectivity index (χ1) is 13.0. The van der Waals surface area contributed by atoms with Crippen LogP contribution in [0.1, 0.15) is 34.6 Å². The van der Waals surface area contributed by atoms with E-state index in [9.17, 15) is 9.59 Å². The van der Waals surface area contributed by atoms with Gasteiger partial charge in [-0.25, -0.2) is 4.98 Å². The molecule has 5 heterocycles. The molecule has 8 heteroatoms. The van der Waals surface area contributed by atoms with E-state index in [-0.39, 0.29) is 23.8 Å². The van der Waals surface area contributed by atoms with E-state index in [0.717, 1.165) is 12.8 Å². The molecule has 0 spiro atoms. The molecule has 0 radical (unpaired) electrons. The second-order valence-electron chi connectivity index (χ2n) is 7.42. The van der Waals surface area contributed by atoms with Crippen LogP contribution in [0.25, 0.3) is 11.1 Å². The fourth-order valence-corrected chi connectivity index (χ4v) is 4.25. The number of ether oxygens (including phenoxy) is 1. The Labute approximate surface area is 157 Å². The third-order valence-electron chi connectivity index (χ3n) is 5.59. The highest BCUT2D eigenvalue weighted by atomic mass is 16.5. The molecule has 2 bridgehead atoms. The monoisotopic (exact) mass is 372 g/mol. The van der Waals surface area contributed by atoms with Gasteiger partial charge < -0.3 is 19.1 Å². The lowest BCUT2D eigenvalue weighted by molar-refractivity contribution is -0.140. The number of methoxy groups -OCH3 is 1. The Balaban J connectivity index is 1.66. The van der Waals surface area contributed by atoms with Gasteiger partial charge in [0.25, 0.3) is 11.6 Å². The number of nitrogens with zero attached hydrogens (tertiary/aromatic N) is 4. The van der Waals surface area contributed by atoms with Crippen LogP contribution in [-0.2, 0) is 9.53 Å². The number of amides is 2. The summed E-state index contributed by atoms with van der Waals surface area (Å²) in [5, 5.41) is 4.62. The van der Waals surface area contributed by atoms with Gasteiger partial charge in [-0.15, -0.1) is 0 Å². The van der Waals surface area contributed by atoms with Gasteiger partial charge in [-0.05, 0) is 32.8 Å². The summed E-state index contributed by atoms with van der Waals surface area (Å²) in [6, 6.07) is 1.82. The third kappa shape index (κ3) is 3.07. The Morgan fingerprint density at radius 1 is 1.33 bits per heavy atom. The standard InChI is InChI=1S/C19H24N4O4/c1-11-8-15(16-12(2)21-27-17(16)20-11)19(25)22-9-13-4-5-14(10-22)23(18(13)24)6-7-26-3/h8,13-14H,4-7,9-10H2,1-3H3. The van der Waals surface area contributed by atoms with Crippen LogP contribution >= 0.6 is 0 Å². The summed E-state index contributed by atoms with van der Waals surface area (Å²) in [5.41, 5.74) is 2.29. The third-order valence-corrected chi connectivity index (χ3v) is 5.59. The maximum absolute atomic E-state index is 13.4. The Morgan fingerprint density at radius 2 is 2.15 bits per heavy atom. The van der Waals surface area contributed by atoms with E-state index < -0.39 is 0 Å². The first-order valence-electron chi connectivity index (χ1n) is 9.32. The fraction of sp³-hybridized carbons (Fsp3) is 0.579. The van der Waals surface area contributed by atoms with E-state index in [1.807, 2.05) is 23.6 Å². The number of piperidine rings is 1. The number of carbonyl (C=O) groups excluding carboxylic acids is 2. The van der Waals surface area contributed by atoms with E-state index in [1.54, 1.807) is 13.2 Å². The molecule has 2 amide bonds. The topological polar surface area (TPSA) is 88.8 Å². The van der Waals surface area contributed by atoms with Crippen molar-refractivity contribution in [3.63, 3.8) is 0 Å². The van der Waals surface area contributed by atoms with Crippen LogP contribution in [0.15, 0.2) is 10.6 Å². The minimum atomic E-state index is -0.147. The average molecular weight is 372 g/mol. The van der Waals surface area contributed by atoms with Crippen molar-refractivity contribution in [2.24, 2.45) is 5.92 Å². The highest BCUT2D eigenvalue weighted by Gasteiger charge is 2.42. The molecule has 0 saturated carbocycles. The Kier molecular flexibility index (Phi) is 4.59. The van der Waals surface area contributed by atoms with Gasteiger partial charge in [0.2, 0.25) is 5.91 Å². The number of fused-ring (bicyclic) bond motifs is 5. The van der Waals surface area contributed by atoms with E-state index in [2.05, 4.69) is 10.1 Å². The van der Waals surface area contributed by atoms with Crippen molar-refractivity contribution < 1.29 is 18.8 Å². The molecule has 2 unspecified atom stereocenters. The van der Waals surface area contributed by atoms with Gasteiger partial charge in [0.05, 0.1) is 29.2 Å². The fourth-order valence-electron chi connectivity index (χ4n) is 4.25. The van der Waals surface area contributed by atoms with E-state index >= 15 is 0 Å². The number of aromatic nitrogens is 2. The molecule has 3 fully saturated rings. The highest BCUT2D eigenvalue weighted by molar-refractivity contribution is 6.06. The Hall–Kier alpha value is -2.48. The molecule has 3 aliphatic rings. The predicted octanol–water partition coefficient (Wildman–Crippen LogP) is 1.55. The van der Waals surface area contributed by atoms with Crippen LogP contribution in [0, 0.1) is 19.8 Å². The van der Waals surface area contributed by atoms with Gasteiger partial charge in [-0.1, -0.05) is 5.16 Å².